The second kappa shape index (κ2) is 8.33. The van der Waals surface area contributed by atoms with E-state index in [4.69, 9.17) is 9.47 Å². The minimum absolute atomic E-state index is 0.142. The molecular formula is C12H22N2O5S. The standard InChI is InChI=1S/C12H22N2O5S/c1-9-14(10(8-20-9)11(15)16)12(17)13(4-6-18-2)5-7-19-3/h9-10H,4-8H2,1-3H3,(H,15,16). The van der Waals surface area contributed by atoms with Crippen LogP contribution >= 0.6 is 11.8 Å². The number of hydrogen-bond donors (Lipinski definition) is 1. The quantitative estimate of drug-likeness (QED) is 0.740. The van der Waals surface area contributed by atoms with E-state index in [1.165, 1.54) is 16.7 Å². The highest BCUT2D eigenvalue weighted by atomic mass is 32.2. The first-order valence-corrected chi connectivity index (χ1v) is 7.47. The van der Waals surface area contributed by atoms with Crippen molar-refractivity contribution in [2.75, 3.05) is 46.3 Å². The number of amides is 2. The van der Waals surface area contributed by atoms with Gasteiger partial charge in [0.15, 0.2) is 0 Å². The van der Waals surface area contributed by atoms with Crippen LogP contribution in [0.15, 0.2) is 0 Å². The molecule has 0 bridgehead atoms. The fourth-order valence-electron chi connectivity index (χ4n) is 1.99. The number of ether oxygens (including phenoxy) is 2. The maximum absolute atomic E-state index is 12.5. The van der Waals surface area contributed by atoms with Crippen LogP contribution in [-0.4, -0.2) is 84.6 Å². The van der Waals surface area contributed by atoms with Gasteiger partial charge in [-0.1, -0.05) is 0 Å². The van der Waals surface area contributed by atoms with Crippen molar-refractivity contribution >= 4 is 23.8 Å². The summed E-state index contributed by atoms with van der Waals surface area (Å²) in [5.41, 5.74) is 0. The Bertz CT molecular complexity index is 334. The molecule has 0 aromatic carbocycles. The molecule has 0 saturated carbocycles. The molecule has 2 unspecified atom stereocenters. The number of methoxy groups -OCH3 is 2. The van der Waals surface area contributed by atoms with E-state index in [9.17, 15) is 14.7 Å². The number of carboxylic acids is 1. The molecule has 1 N–H and O–H groups in total. The van der Waals surface area contributed by atoms with Crippen molar-refractivity contribution in [2.45, 2.75) is 18.3 Å². The van der Waals surface area contributed by atoms with Crippen LogP contribution in [0.2, 0.25) is 0 Å². The summed E-state index contributed by atoms with van der Waals surface area (Å²) < 4.78 is 9.98. The minimum atomic E-state index is -0.964. The summed E-state index contributed by atoms with van der Waals surface area (Å²) in [7, 11) is 3.13. The Balaban J connectivity index is 2.77. The molecule has 20 heavy (non-hydrogen) atoms. The zero-order valence-electron chi connectivity index (χ0n) is 12.1. The molecule has 7 nitrogen and oxygen atoms in total. The van der Waals surface area contributed by atoms with Crippen molar-refractivity contribution in [1.29, 1.82) is 0 Å². The first-order valence-electron chi connectivity index (χ1n) is 6.42. The smallest absolute Gasteiger partial charge is 0.327 e. The Morgan fingerprint density at radius 1 is 1.30 bits per heavy atom. The molecule has 0 spiro atoms. The Morgan fingerprint density at radius 3 is 2.30 bits per heavy atom. The third kappa shape index (κ3) is 4.26. The molecule has 1 saturated heterocycles. The summed E-state index contributed by atoms with van der Waals surface area (Å²) in [6.07, 6.45) is 0. The Labute approximate surface area is 123 Å². The Morgan fingerprint density at radius 2 is 1.85 bits per heavy atom. The SMILES string of the molecule is COCCN(CCOC)C(=O)N1C(C)SCC1C(=O)O. The lowest BCUT2D eigenvalue weighted by Gasteiger charge is -2.32. The predicted octanol–water partition coefficient (Wildman–Crippen LogP) is 0.549. The molecule has 1 fully saturated rings. The van der Waals surface area contributed by atoms with Gasteiger partial charge in [-0.25, -0.2) is 9.59 Å². The van der Waals surface area contributed by atoms with Gasteiger partial charge < -0.3 is 19.5 Å². The number of urea groups is 1. The van der Waals surface area contributed by atoms with Crippen molar-refractivity contribution in [3.63, 3.8) is 0 Å². The van der Waals surface area contributed by atoms with Gasteiger partial charge in [0, 0.05) is 33.1 Å². The van der Waals surface area contributed by atoms with Crippen LogP contribution in [-0.2, 0) is 14.3 Å². The monoisotopic (exact) mass is 306 g/mol. The van der Waals surface area contributed by atoms with Crippen molar-refractivity contribution in [3.8, 4) is 0 Å². The number of carbonyl (C=O) groups is 2. The second-order valence-electron chi connectivity index (χ2n) is 4.45. The molecule has 1 aliphatic rings. The van der Waals surface area contributed by atoms with Crippen LogP contribution in [0.4, 0.5) is 4.79 Å². The average Bonchev–Trinajstić information content (AvgIpc) is 2.80. The van der Waals surface area contributed by atoms with Gasteiger partial charge in [0.05, 0.1) is 18.6 Å². The van der Waals surface area contributed by atoms with Crippen molar-refractivity contribution in [3.05, 3.63) is 0 Å². The second-order valence-corrected chi connectivity index (χ2v) is 5.80. The van der Waals surface area contributed by atoms with E-state index in [-0.39, 0.29) is 11.4 Å². The van der Waals surface area contributed by atoms with E-state index in [0.29, 0.717) is 32.1 Å². The van der Waals surface area contributed by atoms with Crippen LogP contribution in [0.1, 0.15) is 6.92 Å². The van der Waals surface area contributed by atoms with Crippen molar-refractivity contribution < 1.29 is 24.2 Å². The maximum Gasteiger partial charge on any atom is 0.327 e. The fraction of sp³-hybridized carbons (Fsp3) is 0.833. The fourth-order valence-corrected chi connectivity index (χ4v) is 3.15. The third-order valence-electron chi connectivity index (χ3n) is 3.13. The molecule has 8 heteroatoms. The number of hydrogen-bond acceptors (Lipinski definition) is 5. The zero-order chi connectivity index (χ0) is 15.1. The Hall–Kier alpha value is -0.990. The normalized spacial score (nSPS) is 22.1. The summed E-state index contributed by atoms with van der Waals surface area (Å²) >= 11 is 1.47. The third-order valence-corrected chi connectivity index (χ3v) is 4.35. The van der Waals surface area contributed by atoms with Crippen LogP contribution in [0.3, 0.4) is 0 Å². The first-order chi connectivity index (χ1) is 9.52. The number of carboxylic acid groups (broad SMARTS) is 1. The van der Waals surface area contributed by atoms with Crippen LogP contribution in [0, 0.1) is 0 Å². The van der Waals surface area contributed by atoms with Crippen LogP contribution in [0.5, 0.6) is 0 Å². The first kappa shape index (κ1) is 17.1. The van der Waals surface area contributed by atoms with Crippen LogP contribution < -0.4 is 0 Å². The van der Waals surface area contributed by atoms with Crippen LogP contribution in [0.25, 0.3) is 0 Å². The lowest BCUT2D eigenvalue weighted by atomic mass is 10.3. The molecule has 0 radical (unpaired) electrons. The van der Waals surface area contributed by atoms with Crippen molar-refractivity contribution in [2.24, 2.45) is 0 Å². The lowest BCUT2D eigenvalue weighted by molar-refractivity contribution is -0.141. The van der Waals surface area contributed by atoms with E-state index < -0.39 is 12.0 Å². The van der Waals surface area contributed by atoms with Gasteiger partial charge in [-0.05, 0) is 6.92 Å². The molecule has 1 aliphatic heterocycles. The van der Waals surface area contributed by atoms with E-state index in [1.807, 2.05) is 6.92 Å². The van der Waals surface area contributed by atoms with Gasteiger partial charge in [0.2, 0.25) is 0 Å². The van der Waals surface area contributed by atoms with Gasteiger partial charge in [-0.3, -0.25) is 4.90 Å². The molecule has 0 aliphatic carbocycles. The van der Waals surface area contributed by atoms with Crippen molar-refractivity contribution in [1.82, 2.24) is 9.80 Å². The number of rotatable bonds is 7. The van der Waals surface area contributed by atoms with E-state index in [2.05, 4.69) is 0 Å². The topological polar surface area (TPSA) is 79.3 Å². The lowest BCUT2D eigenvalue weighted by Crippen LogP contribution is -2.52. The highest BCUT2D eigenvalue weighted by Gasteiger charge is 2.41. The summed E-state index contributed by atoms with van der Waals surface area (Å²) in [4.78, 5) is 26.8. The molecule has 116 valence electrons. The van der Waals surface area contributed by atoms with Gasteiger partial charge in [-0.15, -0.1) is 11.8 Å². The van der Waals surface area contributed by atoms with E-state index in [1.54, 1.807) is 19.1 Å². The molecule has 2 amide bonds. The number of thioether (sulfide) groups is 1. The Kier molecular flexibility index (Phi) is 7.11. The molecule has 1 heterocycles. The molecular weight excluding hydrogens is 284 g/mol. The predicted molar refractivity (Wildman–Crippen MR) is 75.9 cm³/mol. The zero-order valence-corrected chi connectivity index (χ0v) is 12.9. The largest absolute Gasteiger partial charge is 0.480 e. The molecule has 0 aromatic heterocycles. The highest BCUT2D eigenvalue weighted by Crippen LogP contribution is 2.29. The minimum Gasteiger partial charge on any atom is -0.480 e. The number of nitrogens with zero attached hydrogens (tertiary/aromatic N) is 2. The summed E-state index contributed by atoms with van der Waals surface area (Å²) in [6, 6.07) is -1.04. The van der Waals surface area contributed by atoms with Gasteiger partial charge >= 0.3 is 12.0 Å². The van der Waals surface area contributed by atoms with Gasteiger partial charge in [0.1, 0.15) is 6.04 Å². The summed E-state index contributed by atoms with van der Waals surface area (Å²) in [5.74, 6) is -0.543. The average molecular weight is 306 g/mol. The van der Waals surface area contributed by atoms with Gasteiger partial charge in [-0.2, -0.15) is 0 Å². The molecule has 2 atom stereocenters. The maximum atomic E-state index is 12.5. The van der Waals surface area contributed by atoms with E-state index >= 15 is 0 Å². The number of aliphatic carboxylic acids is 1. The summed E-state index contributed by atoms with van der Waals surface area (Å²) in [5, 5.41) is 9.07. The summed E-state index contributed by atoms with van der Waals surface area (Å²) in [6.45, 7) is 3.49. The molecule has 1 rings (SSSR count). The van der Waals surface area contributed by atoms with Gasteiger partial charge in [0.25, 0.3) is 0 Å². The number of carbonyl (C=O) groups excluding carboxylic acids is 1. The highest BCUT2D eigenvalue weighted by molar-refractivity contribution is 8.00. The van der Waals surface area contributed by atoms with E-state index in [0.717, 1.165) is 0 Å². The molecule has 0 aromatic rings.